The summed E-state index contributed by atoms with van der Waals surface area (Å²) >= 11 is 0. The highest BCUT2D eigenvalue weighted by Gasteiger charge is 2.35. The minimum Gasteiger partial charge on any atom is -0.463 e. The molecule has 11 nitrogen and oxygen atoms in total. The molecule has 0 atom stereocenters. The average Bonchev–Trinajstić information content (AvgIpc) is 3.35. The van der Waals surface area contributed by atoms with Gasteiger partial charge in [-0.3, -0.25) is 10.1 Å². The van der Waals surface area contributed by atoms with Gasteiger partial charge in [-0.05, 0) is 75.5 Å². The number of hydrogen-bond acceptors (Lipinski definition) is 9. The monoisotopic (exact) mass is 489 g/mol. The Balaban J connectivity index is 1.20. The first-order chi connectivity index (χ1) is 17.3. The van der Waals surface area contributed by atoms with Crippen molar-refractivity contribution in [1.29, 1.82) is 0 Å². The smallest absolute Gasteiger partial charge is 0.269 e. The van der Waals surface area contributed by atoms with E-state index in [4.69, 9.17) is 15.5 Å². The number of ether oxygens (including phenoxy) is 1. The average molecular weight is 490 g/mol. The van der Waals surface area contributed by atoms with Gasteiger partial charge in [0.25, 0.3) is 5.95 Å². The Morgan fingerprint density at radius 1 is 1.17 bits per heavy atom. The minimum absolute atomic E-state index is 0.0716. The third-order valence-electron chi connectivity index (χ3n) is 7.02. The number of hydrogen-bond donors (Lipinski definition) is 3. The van der Waals surface area contributed by atoms with Crippen LogP contribution in [-0.4, -0.2) is 47.8 Å². The van der Waals surface area contributed by atoms with Gasteiger partial charge in [-0.15, -0.1) is 5.10 Å². The van der Waals surface area contributed by atoms with Crippen LogP contribution in [0, 0.1) is 12.8 Å². The lowest BCUT2D eigenvalue weighted by Gasteiger charge is -2.32. The Bertz CT molecular complexity index is 1260. The van der Waals surface area contributed by atoms with Crippen LogP contribution in [-0.2, 0) is 4.79 Å². The van der Waals surface area contributed by atoms with Crippen molar-refractivity contribution < 1.29 is 9.53 Å². The van der Waals surface area contributed by atoms with Crippen molar-refractivity contribution in [3.8, 4) is 5.88 Å². The quantitative estimate of drug-likeness (QED) is 0.471. The highest BCUT2D eigenvalue weighted by atomic mass is 16.5. The summed E-state index contributed by atoms with van der Waals surface area (Å²) in [7, 11) is 0. The van der Waals surface area contributed by atoms with Crippen LogP contribution in [0.2, 0.25) is 0 Å². The summed E-state index contributed by atoms with van der Waals surface area (Å²) in [6.45, 7) is 5.76. The summed E-state index contributed by atoms with van der Waals surface area (Å²) < 4.78 is 6.17. The zero-order valence-electron chi connectivity index (χ0n) is 20.8. The van der Waals surface area contributed by atoms with Gasteiger partial charge in [0.15, 0.2) is 11.5 Å². The summed E-state index contributed by atoms with van der Waals surface area (Å²) in [5, 5.41) is 15.9. The number of rotatable bonds is 6. The minimum atomic E-state index is -0.643. The fourth-order valence-corrected chi connectivity index (χ4v) is 5.12. The summed E-state index contributed by atoms with van der Waals surface area (Å²) in [5.41, 5.74) is 9.09. The van der Waals surface area contributed by atoms with E-state index in [1.165, 1.54) is 5.56 Å². The fourth-order valence-electron chi connectivity index (χ4n) is 5.12. The van der Waals surface area contributed by atoms with E-state index in [1.807, 2.05) is 13.8 Å². The second-order valence-corrected chi connectivity index (χ2v) is 10.0. The molecule has 1 aliphatic heterocycles. The predicted octanol–water partition coefficient (Wildman–Crippen LogP) is 3.86. The van der Waals surface area contributed by atoms with Crippen LogP contribution in [0.25, 0.3) is 0 Å². The van der Waals surface area contributed by atoms with E-state index in [2.05, 4.69) is 60.2 Å². The van der Waals surface area contributed by atoms with Gasteiger partial charge in [0.1, 0.15) is 11.4 Å². The molecule has 1 amide bonds. The number of tetrazole rings is 1. The van der Waals surface area contributed by atoms with Gasteiger partial charge >= 0.3 is 0 Å². The van der Waals surface area contributed by atoms with Crippen LogP contribution in [0.1, 0.15) is 75.2 Å². The topological polar surface area (TPSA) is 157 Å². The van der Waals surface area contributed by atoms with Gasteiger partial charge in [-0.1, -0.05) is 29.4 Å². The molecule has 2 aliphatic rings. The first-order valence-electron chi connectivity index (χ1n) is 12.3. The van der Waals surface area contributed by atoms with Gasteiger partial charge in [0, 0.05) is 12.0 Å². The number of anilines is 2. The number of nitrogens with zero attached hydrogens (tertiary/aromatic N) is 6. The van der Waals surface area contributed by atoms with Gasteiger partial charge in [-0.2, -0.15) is 10.2 Å². The van der Waals surface area contributed by atoms with E-state index in [0.717, 1.165) is 43.4 Å². The molecule has 1 saturated carbocycles. The van der Waals surface area contributed by atoms with Crippen molar-refractivity contribution >= 4 is 29.1 Å². The molecular weight excluding hydrogens is 458 g/mol. The van der Waals surface area contributed by atoms with Crippen molar-refractivity contribution in [3.63, 3.8) is 0 Å². The lowest BCUT2D eigenvalue weighted by atomic mass is 9.77. The van der Waals surface area contributed by atoms with Crippen molar-refractivity contribution in [2.75, 3.05) is 11.1 Å². The molecule has 0 bridgehead atoms. The second kappa shape index (κ2) is 9.63. The van der Waals surface area contributed by atoms with Crippen LogP contribution in [0.4, 0.5) is 17.5 Å². The normalized spacial score (nSPS) is 20.7. The van der Waals surface area contributed by atoms with Crippen molar-refractivity contribution in [2.24, 2.45) is 10.9 Å². The third kappa shape index (κ3) is 5.05. The molecule has 11 heteroatoms. The Morgan fingerprint density at radius 2 is 1.92 bits per heavy atom. The number of aromatic amines is 1. The number of H-pyrrole nitrogens is 1. The maximum absolute atomic E-state index is 12.1. The lowest BCUT2D eigenvalue weighted by molar-refractivity contribution is -0.116. The molecule has 5 rings (SSSR count). The molecule has 0 unspecified atom stereocenters. The largest absolute Gasteiger partial charge is 0.463 e. The first kappa shape index (κ1) is 23.8. The van der Waals surface area contributed by atoms with E-state index in [-0.39, 0.29) is 11.9 Å². The molecule has 2 aromatic heterocycles. The number of nitrogens with two attached hydrogens (primary N) is 1. The standard InChI is InChI=1S/C25H31N9O2/c1-14-27-22(26)20-23(28-14)36-25(2,3)21(30-20)18-11-9-17(10-12-18)16-7-4-15(5-8-16)6-13-19(35)29-24-31-33-34-32-24/h9-12,15-16H,4-8,13H2,1-3H3,(H2,26,27,28)(H2,29,31,32,33,34,35)/t15-,16-. The highest BCUT2D eigenvalue weighted by Crippen LogP contribution is 2.40. The van der Waals surface area contributed by atoms with Gasteiger partial charge in [-0.25, -0.2) is 9.98 Å². The summed E-state index contributed by atoms with van der Waals surface area (Å²) in [5.74, 6) is 2.54. The maximum Gasteiger partial charge on any atom is 0.269 e. The number of carbonyl (C=O) groups is 1. The van der Waals surface area contributed by atoms with Crippen LogP contribution in [0.15, 0.2) is 29.3 Å². The zero-order valence-corrected chi connectivity index (χ0v) is 20.8. The van der Waals surface area contributed by atoms with E-state index in [1.54, 1.807) is 6.92 Å². The number of benzene rings is 1. The molecule has 0 spiro atoms. The Hall–Kier alpha value is -3.89. The second-order valence-electron chi connectivity index (χ2n) is 10.0. The van der Waals surface area contributed by atoms with E-state index in [0.29, 0.717) is 41.5 Å². The molecule has 36 heavy (non-hydrogen) atoms. The number of aromatic nitrogens is 6. The molecule has 0 saturated heterocycles. The molecule has 1 aliphatic carbocycles. The van der Waals surface area contributed by atoms with E-state index >= 15 is 0 Å². The van der Waals surface area contributed by atoms with Crippen molar-refractivity contribution in [2.45, 2.75) is 70.8 Å². The van der Waals surface area contributed by atoms with E-state index in [9.17, 15) is 4.79 Å². The zero-order chi connectivity index (χ0) is 25.3. The van der Waals surface area contributed by atoms with E-state index < -0.39 is 5.60 Å². The molecule has 3 aromatic rings. The van der Waals surface area contributed by atoms with Gasteiger partial charge in [0.05, 0.1) is 5.71 Å². The molecule has 3 heterocycles. The highest BCUT2D eigenvalue weighted by molar-refractivity contribution is 6.09. The number of nitrogens with one attached hydrogen (secondary N) is 2. The fraction of sp³-hybridized carbons (Fsp3) is 0.480. The number of nitrogen functional groups attached to an aromatic ring is 1. The van der Waals surface area contributed by atoms with Crippen LogP contribution in [0.3, 0.4) is 0 Å². The summed E-state index contributed by atoms with van der Waals surface area (Å²) in [6, 6.07) is 8.62. The Labute approximate surface area is 209 Å². The molecule has 0 radical (unpaired) electrons. The number of aryl methyl sites for hydroxylation is 1. The number of amides is 1. The maximum atomic E-state index is 12.1. The molecule has 1 fully saturated rings. The number of carbonyl (C=O) groups excluding carboxylic acids is 1. The molecule has 4 N–H and O–H groups in total. The SMILES string of the molecule is Cc1nc(N)c2c(n1)OC(C)(C)C(c1ccc([C@H]3CC[C@H](CCC(=O)Nc4nn[nH]n4)CC3)cc1)=N2. The Kier molecular flexibility index (Phi) is 6.38. The molecule has 188 valence electrons. The van der Waals surface area contributed by atoms with Crippen LogP contribution < -0.4 is 15.8 Å². The van der Waals surface area contributed by atoms with Crippen LogP contribution >= 0.6 is 0 Å². The first-order valence-corrected chi connectivity index (χ1v) is 12.3. The van der Waals surface area contributed by atoms with Crippen molar-refractivity contribution in [1.82, 2.24) is 30.6 Å². The molecular formula is C25H31N9O2. The van der Waals surface area contributed by atoms with Gasteiger partial charge < -0.3 is 10.5 Å². The summed E-state index contributed by atoms with van der Waals surface area (Å²) in [6.07, 6.45) is 5.81. The number of fused-ring (bicyclic) bond motifs is 1. The van der Waals surface area contributed by atoms with Crippen LogP contribution in [0.5, 0.6) is 5.88 Å². The Morgan fingerprint density at radius 3 is 2.61 bits per heavy atom. The number of aliphatic imine (C=N–C) groups is 1. The summed E-state index contributed by atoms with van der Waals surface area (Å²) in [4.78, 5) is 25.5. The third-order valence-corrected chi connectivity index (χ3v) is 7.02. The predicted molar refractivity (Wildman–Crippen MR) is 135 cm³/mol. The van der Waals surface area contributed by atoms with Gasteiger partial charge in [0.2, 0.25) is 11.8 Å². The molecule has 1 aromatic carbocycles. The van der Waals surface area contributed by atoms with Crippen molar-refractivity contribution in [3.05, 3.63) is 41.2 Å². The lowest BCUT2D eigenvalue weighted by Crippen LogP contribution is -2.41.